The highest BCUT2D eigenvalue weighted by Crippen LogP contribution is 2.13. The van der Waals surface area contributed by atoms with Gasteiger partial charge in [-0.25, -0.2) is 4.39 Å². The van der Waals surface area contributed by atoms with E-state index in [4.69, 9.17) is 11.6 Å². The van der Waals surface area contributed by atoms with Gasteiger partial charge in [-0.2, -0.15) is 0 Å². The lowest BCUT2D eigenvalue weighted by Crippen LogP contribution is -2.40. The summed E-state index contributed by atoms with van der Waals surface area (Å²) in [6, 6.07) is 12.0. The molecule has 0 aliphatic carbocycles. The fraction of sp³-hybridized carbons (Fsp3) is 0.111. The minimum Gasteiger partial charge on any atom is -0.341 e. The zero-order chi connectivity index (χ0) is 17.5. The lowest BCUT2D eigenvalue weighted by atomic mass is 10.2. The average Bonchev–Trinajstić information content (AvgIpc) is 2.56. The van der Waals surface area contributed by atoms with Gasteiger partial charge < -0.3 is 10.6 Å². The van der Waals surface area contributed by atoms with E-state index in [1.54, 1.807) is 49.4 Å². The van der Waals surface area contributed by atoms with Gasteiger partial charge in [-0.1, -0.05) is 29.8 Å². The van der Waals surface area contributed by atoms with Crippen LogP contribution in [0.25, 0.3) is 6.08 Å². The SMILES string of the molecule is CC(NC(=O)/C=C/c1ccccc1F)C(=O)Nc1ccc(Cl)cc1. The standard InChI is InChI=1S/C18H16ClFN2O2/c1-12(18(24)22-15-9-7-14(19)8-10-15)21-17(23)11-6-13-4-2-3-5-16(13)20/h2-12H,1H3,(H,21,23)(H,22,24)/b11-6+. The Morgan fingerprint density at radius 1 is 1.12 bits per heavy atom. The minimum atomic E-state index is -0.751. The van der Waals surface area contributed by atoms with Crippen LogP contribution in [0.3, 0.4) is 0 Å². The Hall–Kier alpha value is -2.66. The molecule has 6 heteroatoms. The maximum atomic E-state index is 13.4. The molecule has 0 saturated carbocycles. The Labute approximate surface area is 144 Å². The number of anilines is 1. The monoisotopic (exact) mass is 346 g/mol. The van der Waals surface area contributed by atoms with Crippen LogP contribution in [-0.2, 0) is 9.59 Å². The van der Waals surface area contributed by atoms with Crippen LogP contribution in [0, 0.1) is 5.82 Å². The van der Waals surface area contributed by atoms with Crippen molar-refractivity contribution in [2.45, 2.75) is 13.0 Å². The molecular formula is C18H16ClFN2O2. The van der Waals surface area contributed by atoms with Crippen LogP contribution in [0.2, 0.25) is 5.02 Å². The molecule has 24 heavy (non-hydrogen) atoms. The Bertz CT molecular complexity index is 760. The van der Waals surface area contributed by atoms with Crippen molar-refractivity contribution < 1.29 is 14.0 Å². The summed E-state index contributed by atoms with van der Waals surface area (Å²) in [7, 11) is 0. The zero-order valence-corrected chi connectivity index (χ0v) is 13.7. The predicted molar refractivity (Wildman–Crippen MR) is 93.1 cm³/mol. The first-order valence-electron chi connectivity index (χ1n) is 7.25. The van der Waals surface area contributed by atoms with Crippen LogP contribution in [-0.4, -0.2) is 17.9 Å². The van der Waals surface area contributed by atoms with Crippen molar-refractivity contribution in [1.82, 2.24) is 5.32 Å². The second kappa shape index (κ2) is 8.26. The minimum absolute atomic E-state index is 0.297. The normalized spacial score (nSPS) is 12.0. The van der Waals surface area contributed by atoms with Crippen LogP contribution in [0.5, 0.6) is 0 Å². The molecule has 0 aromatic heterocycles. The molecule has 2 amide bonds. The lowest BCUT2D eigenvalue weighted by Gasteiger charge is -2.13. The number of hydrogen-bond donors (Lipinski definition) is 2. The van der Waals surface area contributed by atoms with E-state index in [-0.39, 0.29) is 5.91 Å². The van der Waals surface area contributed by atoms with Gasteiger partial charge >= 0.3 is 0 Å². The van der Waals surface area contributed by atoms with Gasteiger partial charge in [-0.15, -0.1) is 0 Å². The Morgan fingerprint density at radius 2 is 1.79 bits per heavy atom. The van der Waals surface area contributed by atoms with E-state index < -0.39 is 17.8 Å². The molecule has 0 radical (unpaired) electrons. The third-order valence-corrected chi connectivity index (χ3v) is 3.44. The van der Waals surface area contributed by atoms with Gasteiger partial charge in [0.15, 0.2) is 0 Å². The maximum Gasteiger partial charge on any atom is 0.246 e. The van der Waals surface area contributed by atoms with Crippen molar-refractivity contribution >= 4 is 35.2 Å². The summed E-state index contributed by atoms with van der Waals surface area (Å²) in [4.78, 5) is 23.8. The molecule has 2 rings (SSSR count). The number of amides is 2. The third kappa shape index (κ3) is 5.21. The van der Waals surface area contributed by atoms with Gasteiger partial charge in [-0.3, -0.25) is 9.59 Å². The number of nitrogens with one attached hydrogen (secondary N) is 2. The second-order valence-corrected chi connectivity index (χ2v) is 5.52. The highest BCUT2D eigenvalue weighted by Gasteiger charge is 2.14. The van der Waals surface area contributed by atoms with E-state index in [0.29, 0.717) is 16.3 Å². The Balaban J connectivity index is 1.90. The van der Waals surface area contributed by atoms with E-state index in [9.17, 15) is 14.0 Å². The molecule has 1 unspecified atom stereocenters. The van der Waals surface area contributed by atoms with Gasteiger partial charge in [0.1, 0.15) is 11.9 Å². The highest BCUT2D eigenvalue weighted by molar-refractivity contribution is 6.30. The maximum absolute atomic E-state index is 13.4. The Kier molecular flexibility index (Phi) is 6.09. The van der Waals surface area contributed by atoms with Gasteiger partial charge in [0.2, 0.25) is 11.8 Å². The molecule has 0 bridgehead atoms. The van der Waals surface area contributed by atoms with Gasteiger partial charge in [0, 0.05) is 22.3 Å². The van der Waals surface area contributed by atoms with E-state index in [2.05, 4.69) is 10.6 Å². The van der Waals surface area contributed by atoms with E-state index in [1.807, 2.05) is 0 Å². The molecule has 0 spiro atoms. The summed E-state index contributed by atoms with van der Waals surface area (Å²) in [5.74, 6) is -1.28. The summed E-state index contributed by atoms with van der Waals surface area (Å²) in [6.07, 6.45) is 2.54. The quantitative estimate of drug-likeness (QED) is 0.812. The van der Waals surface area contributed by atoms with Crippen molar-refractivity contribution in [2.24, 2.45) is 0 Å². The van der Waals surface area contributed by atoms with Crippen molar-refractivity contribution in [2.75, 3.05) is 5.32 Å². The first-order chi connectivity index (χ1) is 11.5. The molecule has 0 heterocycles. The molecule has 0 aliphatic rings. The van der Waals surface area contributed by atoms with Crippen molar-refractivity contribution in [3.8, 4) is 0 Å². The molecule has 2 N–H and O–H groups in total. The molecular weight excluding hydrogens is 331 g/mol. The largest absolute Gasteiger partial charge is 0.341 e. The Morgan fingerprint density at radius 3 is 2.46 bits per heavy atom. The number of carbonyl (C=O) groups is 2. The van der Waals surface area contributed by atoms with Crippen molar-refractivity contribution in [1.29, 1.82) is 0 Å². The topological polar surface area (TPSA) is 58.2 Å². The second-order valence-electron chi connectivity index (χ2n) is 5.08. The first-order valence-corrected chi connectivity index (χ1v) is 7.63. The smallest absolute Gasteiger partial charge is 0.246 e. The molecule has 0 saturated heterocycles. The molecule has 124 valence electrons. The summed E-state index contributed by atoms with van der Waals surface area (Å²) >= 11 is 5.77. The highest BCUT2D eigenvalue weighted by atomic mass is 35.5. The molecule has 0 aliphatic heterocycles. The molecule has 0 fully saturated rings. The van der Waals surface area contributed by atoms with Crippen LogP contribution in [0.4, 0.5) is 10.1 Å². The number of benzene rings is 2. The third-order valence-electron chi connectivity index (χ3n) is 3.18. The summed E-state index contributed by atoms with van der Waals surface area (Å²) in [6.45, 7) is 1.56. The van der Waals surface area contributed by atoms with Gasteiger partial charge in [0.25, 0.3) is 0 Å². The lowest BCUT2D eigenvalue weighted by molar-refractivity contribution is -0.123. The van der Waals surface area contributed by atoms with E-state index >= 15 is 0 Å². The summed E-state index contributed by atoms with van der Waals surface area (Å²) in [5.41, 5.74) is 0.873. The van der Waals surface area contributed by atoms with Crippen LogP contribution >= 0.6 is 11.6 Å². The van der Waals surface area contributed by atoms with E-state index in [0.717, 1.165) is 0 Å². The van der Waals surface area contributed by atoms with Crippen LogP contribution in [0.1, 0.15) is 12.5 Å². The fourth-order valence-corrected chi connectivity index (χ4v) is 2.01. The van der Waals surface area contributed by atoms with Crippen LogP contribution in [0.15, 0.2) is 54.6 Å². The number of rotatable bonds is 5. The average molecular weight is 347 g/mol. The molecule has 4 nitrogen and oxygen atoms in total. The number of halogens is 2. The molecule has 1 atom stereocenters. The zero-order valence-electron chi connectivity index (χ0n) is 12.9. The first kappa shape index (κ1) is 17.7. The number of hydrogen-bond acceptors (Lipinski definition) is 2. The summed E-state index contributed by atoms with van der Waals surface area (Å²) in [5, 5.41) is 5.74. The molecule has 2 aromatic rings. The van der Waals surface area contributed by atoms with Crippen molar-refractivity contribution in [3.63, 3.8) is 0 Å². The van der Waals surface area contributed by atoms with Gasteiger partial charge in [-0.05, 0) is 43.3 Å². The summed E-state index contributed by atoms with van der Waals surface area (Å²) < 4.78 is 13.4. The van der Waals surface area contributed by atoms with E-state index in [1.165, 1.54) is 18.2 Å². The number of carbonyl (C=O) groups excluding carboxylic acids is 2. The van der Waals surface area contributed by atoms with Gasteiger partial charge in [0.05, 0.1) is 0 Å². The van der Waals surface area contributed by atoms with Crippen LogP contribution < -0.4 is 10.6 Å². The fourth-order valence-electron chi connectivity index (χ4n) is 1.89. The van der Waals surface area contributed by atoms with Crippen molar-refractivity contribution in [3.05, 3.63) is 71.0 Å². The predicted octanol–water partition coefficient (Wildman–Crippen LogP) is 3.64. The molecule has 2 aromatic carbocycles.